The number of thiazole rings is 1. The fourth-order valence-corrected chi connectivity index (χ4v) is 4.71. The van der Waals surface area contributed by atoms with Gasteiger partial charge < -0.3 is 14.4 Å². The molecule has 2 aliphatic heterocycles. The molecule has 2 aromatic rings. The molecule has 0 spiro atoms. The second-order valence-corrected chi connectivity index (χ2v) is 8.41. The Morgan fingerprint density at radius 3 is 2.93 bits per heavy atom. The molecule has 2 fully saturated rings. The molecule has 7 nitrogen and oxygen atoms in total. The lowest BCUT2D eigenvalue weighted by atomic mass is 9.97. The minimum absolute atomic E-state index is 0.0548. The first-order valence-corrected chi connectivity index (χ1v) is 10.8. The minimum atomic E-state index is -0.182. The SMILES string of the molecule is O=C(Nc1nc(CC(=O)N2CCCC(C3OCCO3)C2)cs1)c1cccs1. The molecule has 4 heterocycles. The van der Waals surface area contributed by atoms with Crippen LogP contribution in [0.3, 0.4) is 0 Å². The third-order valence-electron chi connectivity index (χ3n) is 4.69. The number of nitrogens with zero attached hydrogens (tertiary/aromatic N) is 2. The summed E-state index contributed by atoms with van der Waals surface area (Å²) in [6, 6.07) is 3.60. The van der Waals surface area contributed by atoms with E-state index in [1.54, 1.807) is 6.07 Å². The Morgan fingerprint density at radius 2 is 2.15 bits per heavy atom. The quantitative estimate of drug-likeness (QED) is 0.824. The Kier molecular flexibility index (Phi) is 5.82. The molecule has 27 heavy (non-hydrogen) atoms. The summed E-state index contributed by atoms with van der Waals surface area (Å²) in [4.78, 5) is 31.7. The maximum atomic E-state index is 12.7. The van der Waals surface area contributed by atoms with E-state index in [-0.39, 0.29) is 30.4 Å². The molecule has 1 atom stereocenters. The van der Waals surface area contributed by atoms with Crippen molar-refractivity contribution >= 4 is 39.6 Å². The molecule has 9 heteroatoms. The van der Waals surface area contributed by atoms with E-state index in [4.69, 9.17) is 9.47 Å². The number of hydrogen-bond donors (Lipinski definition) is 1. The molecule has 2 saturated heterocycles. The highest BCUT2D eigenvalue weighted by molar-refractivity contribution is 7.14. The van der Waals surface area contributed by atoms with Crippen molar-refractivity contribution < 1.29 is 19.1 Å². The van der Waals surface area contributed by atoms with Gasteiger partial charge in [-0.15, -0.1) is 22.7 Å². The molecule has 0 aromatic carbocycles. The zero-order valence-electron chi connectivity index (χ0n) is 14.8. The topological polar surface area (TPSA) is 80.8 Å². The molecule has 0 aliphatic carbocycles. The van der Waals surface area contributed by atoms with Gasteiger partial charge in [-0.1, -0.05) is 6.07 Å². The standard InChI is InChI=1S/C18H21N3O4S2/c22-15(21-5-1-3-12(10-21)17-24-6-7-25-17)9-13-11-27-18(19-13)20-16(23)14-4-2-8-26-14/h2,4,8,11-12,17H,1,3,5-7,9-10H2,(H,19,20,23). The zero-order chi connectivity index (χ0) is 18.6. The molecule has 1 N–H and O–H groups in total. The molecule has 2 amide bonds. The van der Waals surface area contributed by atoms with Crippen molar-refractivity contribution in [1.82, 2.24) is 9.88 Å². The third-order valence-corrected chi connectivity index (χ3v) is 6.37. The number of likely N-dealkylation sites (tertiary alicyclic amines) is 1. The van der Waals surface area contributed by atoms with Crippen LogP contribution < -0.4 is 5.32 Å². The first-order chi connectivity index (χ1) is 13.2. The van der Waals surface area contributed by atoms with Gasteiger partial charge in [0.05, 0.1) is 30.2 Å². The molecule has 2 aliphatic rings. The monoisotopic (exact) mass is 407 g/mol. The average Bonchev–Trinajstić information content (AvgIpc) is 3.44. The highest BCUT2D eigenvalue weighted by atomic mass is 32.1. The zero-order valence-corrected chi connectivity index (χ0v) is 16.4. The number of carbonyl (C=O) groups is 2. The van der Waals surface area contributed by atoms with Crippen molar-refractivity contribution in [3.8, 4) is 0 Å². The summed E-state index contributed by atoms with van der Waals surface area (Å²) in [5.74, 6) is 0.119. The van der Waals surface area contributed by atoms with Gasteiger partial charge in [0.15, 0.2) is 11.4 Å². The summed E-state index contributed by atoms with van der Waals surface area (Å²) in [5.41, 5.74) is 0.682. The van der Waals surface area contributed by atoms with Crippen LogP contribution in [0.4, 0.5) is 5.13 Å². The van der Waals surface area contributed by atoms with E-state index >= 15 is 0 Å². The van der Waals surface area contributed by atoms with Crippen LogP contribution in [0.2, 0.25) is 0 Å². The Labute approximate surface area is 165 Å². The number of carbonyl (C=O) groups excluding carboxylic acids is 2. The largest absolute Gasteiger partial charge is 0.350 e. The van der Waals surface area contributed by atoms with Crippen LogP contribution in [0.25, 0.3) is 0 Å². The van der Waals surface area contributed by atoms with Gasteiger partial charge in [0.25, 0.3) is 5.91 Å². The van der Waals surface area contributed by atoms with Gasteiger partial charge in [-0.3, -0.25) is 14.9 Å². The van der Waals surface area contributed by atoms with Gasteiger partial charge in [-0.25, -0.2) is 4.98 Å². The molecule has 144 valence electrons. The molecule has 1 unspecified atom stereocenters. The Bertz CT molecular complexity index is 786. The summed E-state index contributed by atoms with van der Waals surface area (Å²) in [7, 11) is 0. The summed E-state index contributed by atoms with van der Waals surface area (Å²) in [5, 5.41) is 6.98. The van der Waals surface area contributed by atoms with Gasteiger partial charge >= 0.3 is 0 Å². The molecular weight excluding hydrogens is 386 g/mol. The predicted octanol–water partition coefficient (Wildman–Crippen LogP) is 2.61. The molecule has 0 saturated carbocycles. The second-order valence-electron chi connectivity index (χ2n) is 6.60. The van der Waals surface area contributed by atoms with E-state index in [1.165, 1.54) is 22.7 Å². The predicted molar refractivity (Wildman–Crippen MR) is 103 cm³/mol. The number of aromatic nitrogens is 1. The molecule has 0 bridgehead atoms. The summed E-state index contributed by atoms with van der Waals surface area (Å²) < 4.78 is 11.2. The number of piperidine rings is 1. The van der Waals surface area contributed by atoms with E-state index in [9.17, 15) is 9.59 Å². The molecule has 2 aromatic heterocycles. The fraction of sp³-hybridized carbons (Fsp3) is 0.500. The molecule has 0 radical (unpaired) electrons. The first-order valence-electron chi connectivity index (χ1n) is 8.99. The van der Waals surface area contributed by atoms with Crippen LogP contribution in [0.1, 0.15) is 28.2 Å². The summed E-state index contributed by atoms with van der Waals surface area (Å²) in [6.45, 7) is 2.69. The Hall–Kier alpha value is -1.81. The van der Waals surface area contributed by atoms with E-state index < -0.39 is 0 Å². The lowest BCUT2D eigenvalue weighted by Gasteiger charge is -2.34. The lowest BCUT2D eigenvalue weighted by Crippen LogP contribution is -2.44. The smallest absolute Gasteiger partial charge is 0.267 e. The minimum Gasteiger partial charge on any atom is -0.350 e. The Morgan fingerprint density at radius 1 is 1.30 bits per heavy atom. The lowest BCUT2D eigenvalue weighted by molar-refractivity contribution is -0.138. The number of thiophene rings is 1. The fourth-order valence-electron chi connectivity index (χ4n) is 3.39. The van der Waals surface area contributed by atoms with Gasteiger partial charge in [-0.05, 0) is 24.3 Å². The number of anilines is 1. The van der Waals surface area contributed by atoms with E-state index in [0.29, 0.717) is 35.5 Å². The van der Waals surface area contributed by atoms with Gasteiger partial charge in [-0.2, -0.15) is 0 Å². The van der Waals surface area contributed by atoms with Crippen molar-refractivity contribution in [2.24, 2.45) is 5.92 Å². The highest BCUT2D eigenvalue weighted by Gasteiger charge is 2.32. The maximum absolute atomic E-state index is 12.7. The summed E-state index contributed by atoms with van der Waals surface area (Å²) in [6.07, 6.45) is 2.03. The van der Waals surface area contributed by atoms with E-state index in [1.807, 2.05) is 21.7 Å². The van der Waals surface area contributed by atoms with Crippen LogP contribution in [-0.2, 0) is 20.7 Å². The highest BCUT2D eigenvalue weighted by Crippen LogP contribution is 2.26. The number of rotatable bonds is 5. The van der Waals surface area contributed by atoms with Gasteiger partial charge in [0.1, 0.15) is 0 Å². The number of nitrogens with one attached hydrogen (secondary N) is 1. The van der Waals surface area contributed by atoms with Crippen LogP contribution in [0, 0.1) is 5.92 Å². The maximum Gasteiger partial charge on any atom is 0.267 e. The third kappa shape index (κ3) is 4.55. The number of amides is 2. The normalized spacial score (nSPS) is 20.7. The van der Waals surface area contributed by atoms with Crippen molar-refractivity contribution in [3.05, 3.63) is 33.5 Å². The molecule has 4 rings (SSSR count). The van der Waals surface area contributed by atoms with Gasteiger partial charge in [0.2, 0.25) is 5.91 Å². The number of hydrogen-bond acceptors (Lipinski definition) is 7. The summed E-state index contributed by atoms with van der Waals surface area (Å²) >= 11 is 2.72. The second kappa shape index (κ2) is 8.47. The van der Waals surface area contributed by atoms with E-state index in [0.717, 1.165) is 19.4 Å². The van der Waals surface area contributed by atoms with Crippen LogP contribution in [0.5, 0.6) is 0 Å². The number of ether oxygens (including phenoxy) is 2. The van der Waals surface area contributed by atoms with Crippen LogP contribution in [0.15, 0.2) is 22.9 Å². The van der Waals surface area contributed by atoms with Crippen molar-refractivity contribution in [2.75, 3.05) is 31.6 Å². The first kappa shape index (κ1) is 18.5. The van der Waals surface area contributed by atoms with Crippen molar-refractivity contribution in [3.63, 3.8) is 0 Å². The van der Waals surface area contributed by atoms with Crippen molar-refractivity contribution in [1.29, 1.82) is 0 Å². The molecular formula is C18H21N3O4S2. The van der Waals surface area contributed by atoms with Crippen molar-refractivity contribution in [2.45, 2.75) is 25.6 Å². The Balaban J connectivity index is 1.31. The van der Waals surface area contributed by atoms with Crippen LogP contribution in [-0.4, -0.2) is 54.3 Å². The average molecular weight is 408 g/mol. The van der Waals surface area contributed by atoms with Gasteiger partial charge in [0, 0.05) is 24.4 Å². The van der Waals surface area contributed by atoms with E-state index in [2.05, 4.69) is 10.3 Å². The van der Waals surface area contributed by atoms with Crippen LogP contribution >= 0.6 is 22.7 Å².